The highest BCUT2D eigenvalue weighted by Crippen LogP contribution is 2.09. The van der Waals surface area contributed by atoms with Crippen LogP contribution in [0.3, 0.4) is 0 Å². The molecule has 0 aliphatic rings. The summed E-state index contributed by atoms with van der Waals surface area (Å²) < 4.78 is 0. The minimum absolute atomic E-state index is 0.499. The Morgan fingerprint density at radius 3 is 1.77 bits per heavy atom. The van der Waals surface area contributed by atoms with Crippen LogP contribution < -0.4 is 0 Å². The van der Waals surface area contributed by atoms with Crippen LogP contribution in [0.2, 0.25) is 0 Å². The van der Waals surface area contributed by atoms with E-state index < -0.39 is 12.5 Å². The summed E-state index contributed by atoms with van der Waals surface area (Å²) >= 11 is 0. The first-order valence-corrected chi connectivity index (χ1v) is 5.29. The number of hydrogen-bond acceptors (Lipinski definition) is 3. The summed E-state index contributed by atoms with van der Waals surface area (Å²) in [5.74, 6) is 0. The Balaban J connectivity index is 4.01. The first-order chi connectivity index (χ1) is 6.17. The molecule has 0 aliphatic heterocycles. The quantitative estimate of drug-likeness (QED) is 0.597. The molecular weight excluding hydrogens is 166 g/mol. The molecule has 2 atom stereocenters. The first kappa shape index (κ1) is 12.9. The van der Waals surface area contributed by atoms with Crippen molar-refractivity contribution in [1.29, 1.82) is 0 Å². The number of hydrogen-bond donors (Lipinski definition) is 2. The Bertz CT molecular complexity index is 109. The number of aliphatic hydroxyl groups excluding tert-OH is 2. The van der Waals surface area contributed by atoms with Gasteiger partial charge in [0, 0.05) is 6.54 Å². The zero-order valence-corrected chi connectivity index (χ0v) is 9.03. The van der Waals surface area contributed by atoms with Gasteiger partial charge >= 0.3 is 0 Å². The smallest absolute Gasteiger partial charge is 0.109 e. The maximum absolute atomic E-state index is 9.61. The molecule has 80 valence electrons. The Morgan fingerprint density at radius 2 is 1.46 bits per heavy atom. The Hall–Kier alpha value is -0.120. The van der Waals surface area contributed by atoms with Gasteiger partial charge in [-0.1, -0.05) is 27.2 Å². The van der Waals surface area contributed by atoms with Crippen LogP contribution >= 0.6 is 0 Å². The van der Waals surface area contributed by atoms with Gasteiger partial charge in [-0.3, -0.25) is 4.90 Å². The van der Waals surface area contributed by atoms with E-state index in [-0.39, 0.29) is 0 Å². The normalized spacial score (nSPS) is 16.2. The third-order valence-corrected chi connectivity index (χ3v) is 2.27. The van der Waals surface area contributed by atoms with E-state index in [9.17, 15) is 10.2 Å². The summed E-state index contributed by atoms with van der Waals surface area (Å²) in [6.45, 7) is 6.73. The minimum Gasteiger partial charge on any atom is -0.378 e. The maximum Gasteiger partial charge on any atom is 0.109 e. The maximum atomic E-state index is 9.61. The van der Waals surface area contributed by atoms with Crippen LogP contribution in [0.15, 0.2) is 0 Å². The van der Waals surface area contributed by atoms with E-state index in [1.807, 2.05) is 13.8 Å². The second-order valence-electron chi connectivity index (χ2n) is 3.37. The lowest BCUT2D eigenvalue weighted by atomic mass is 10.2. The lowest BCUT2D eigenvalue weighted by Gasteiger charge is -2.31. The lowest BCUT2D eigenvalue weighted by Crippen LogP contribution is -2.43. The molecule has 0 aromatic carbocycles. The standard InChI is InChI=1S/C10H23NO2/c1-4-7-8-11(9(12)5-2)10(13)6-3/h9-10,12-13H,4-8H2,1-3H3. The third-order valence-electron chi connectivity index (χ3n) is 2.27. The molecule has 2 unspecified atom stereocenters. The van der Waals surface area contributed by atoms with E-state index in [0.717, 1.165) is 19.4 Å². The highest BCUT2D eigenvalue weighted by molar-refractivity contribution is 4.63. The van der Waals surface area contributed by atoms with Crippen molar-refractivity contribution in [1.82, 2.24) is 4.90 Å². The van der Waals surface area contributed by atoms with Gasteiger partial charge in [0.05, 0.1) is 0 Å². The molecule has 3 heteroatoms. The third kappa shape index (κ3) is 4.60. The van der Waals surface area contributed by atoms with Crippen molar-refractivity contribution in [3.8, 4) is 0 Å². The van der Waals surface area contributed by atoms with Gasteiger partial charge < -0.3 is 10.2 Å². The summed E-state index contributed by atoms with van der Waals surface area (Å²) in [4.78, 5) is 1.77. The van der Waals surface area contributed by atoms with Gasteiger partial charge in [0.25, 0.3) is 0 Å². The molecule has 0 bridgehead atoms. The van der Waals surface area contributed by atoms with Crippen molar-refractivity contribution < 1.29 is 10.2 Å². The molecular formula is C10H23NO2. The predicted octanol–water partition coefficient (Wildman–Crippen LogP) is 1.55. The number of rotatable bonds is 7. The molecule has 0 radical (unpaired) electrons. The van der Waals surface area contributed by atoms with E-state index in [1.54, 1.807) is 4.90 Å². The van der Waals surface area contributed by atoms with Gasteiger partial charge in [-0.2, -0.15) is 0 Å². The lowest BCUT2D eigenvalue weighted by molar-refractivity contribution is -0.104. The molecule has 0 saturated carbocycles. The van der Waals surface area contributed by atoms with Crippen LogP contribution in [-0.4, -0.2) is 34.1 Å². The van der Waals surface area contributed by atoms with Crippen molar-refractivity contribution in [3.05, 3.63) is 0 Å². The average Bonchev–Trinajstić information content (AvgIpc) is 2.17. The van der Waals surface area contributed by atoms with Crippen molar-refractivity contribution >= 4 is 0 Å². The van der Waals surface area contributed by atoms with Gasteiger partial charge in [0.15, 0.2) is 0 Å². The van der Waals surface area contributed by atoms with Crippen LogP contribution in [0, 0.1) is 0 Å². The molecule has 3 nitrogen and oxygen atoms in total. The molecule has 0 saturated heterocycles. The van der Waals surface area contributed by atoms with E-state index in [4.69, 9.17) is 0 Å². The Labute approximate surface area is 81.4 Å². The minimum atomic E-state index is -0.499. The first-order valence-electron chi connectivity index (χ1n) is 5.29. The average molecular weight is 189 g/mol. The molecule has 0 aromatic rings. The van der Waals surface area contributed by atoms with Gasteiger partial charge in [-0.25, -0.2) is 0 Å². The molecule has 0 aliphatic carbocycles. The summed E-state index contributed by atoms with van der Waals surface area (Å²) in [6, 6.07) is 0. The van der Waals surface area contributed by atoms with E-state index in [1.165, 1.54) is 0 Å². The van der Waals surface area contributed by atoms with E-state index in [0.29, 0.717) is 12.8 Å². The molecule has 0 spiro atoms. The van der Waals surface area contributed by atoms with Crippen molar-refractivity contribution in [2.75, 3.05) is 6.54 Å². The zero-order valence-electron chi connectivity index (χ0n) is 9.03. The highest BCUT2D eigenvalue weighted by Gasteiger charge is 2.19. The second-order valence-corrected chi connectivity index (χ2v) is 3.37. The molecule has 0 fully saturated rings. The Kier molecular flexibility index (Phi) is 7.23. The molecule has 0 aromatic heterocycles. The SMILES string of the molecule is CCCCN(C(O)CC)C(O)CC. The van der Waals surface area contributed by atoms with Gasteiger partial charge in [-0.15, -0.1) is 0 Å². The molecule has 13 heavy (non-hydrogen) atoms. The van der Waals surface area contributed by atoms with E-state index in [2.05, 4.69) is 6.92 Å². The fourth-order valence-corrected chi connectivity index (χ4v) is 1.31. The summed E-state index contributed by atoms with van der Waals surface area (Å²) in [5.41, 5.74) is 0. The number of nitrogens with zero attached hydrogens (tertiary/aromatic N) is 1. The molecule has 0 amide bonds. The van der Waals surface area contributed by atoms with E-state index >= 15 is 0 Å². The van der Waals surface area contributed by atoms with Crippen molar-refractivity contribution in [2.24, 2.45) is 0 Å². The van der Waals surface area contributed by atoms with Crippen LogP contribution in [0.5, 0.6) is 0 Å². The predicted molar refractivity (Wildman–Crippen MR) is 54.2 cm³/mol. The summed E-state index contributed by atoms with van der Waals surface area (Å²) in [7, 11) is 0. The summed E-state index contributed by atoms with van der Waals surface area (Å²) in [6.07, 6.45) is 2.45. The van der Waals surface area contributed by atoms with Crippen molar-refractivity contribution in [2.45, 2.75) is 58.9 Å². The van der Waals surface area contributed by atoms with Gasteiger partial charge in [0.2, 0.25) is 0 Å². The molecule has 0 rings (SSSR count). The number of aliphatic hydroxyl groups is 2. The Morgan fingerprint density at radius 1 is 1.00 bits per heavy atom. The van der Waals surface area contributed by atoms with Gasteiger partial charge in [0.1, 0.15) is 12.5 Å². The number of unbranched alkanes of at least 4 members (excludes halogenated alkanes) is 1. The largest absolute Gasteiger partial charge is 0.378 e. The molecule has 2 N–H and O–H groups in total. The van der Waals surface area contributed by atoms with Crippen LogP contribution in [-0.2, 0) is 0 Å². The van der Waals surface area contributed by atoms with Crippen LogP contribution in [0.4, 0.5) is 0 Å². The summed E-state index contributed by atoms with van der Waals surface area (Å²) in [5, 5.41) is 19.2. The topological polar surface area (TPSA) is 43.7 Å². The van der Waals surface area contributed by atoms with Crippen LogP contribution in [0.25, 0.3) is 0 Å². The van der Waals surface area contributed by atoms with Crippen molar-refractivity contribution in [3.63, 3.8) is 0 Å². The second kappa shape index (κ2) is 7.30. The molecule has 0 heterocycles. The van der Waals surface area contributed by atoms with Crippen LogP contribution in [0.1, 0.15) is 46.5 Å². The fourth-order valence-electron chi connectivity index (χ4n) is 1.31. The monoisotopic (exact) mass is 189 g/mol. The highest BCUT2D eigenvalue weighted by atomic mass is 16.3. The fraction of sp³-hybridized carbons (Fsp3) is 1.00. The van der Waals surface area contributed by atoms with Gasteiger partial charge in [-0.05, 0) is 19.3 Å². The zero-order chi connectivity index (χ0) is 10.3.